The molecule has 0 aliphatic carbocycles. The Bertz CT molecular complexity index is 394. The number of para-hydroxylation sites is 1. The second kappa shape index (κ2) is 5.76. The molecule has 0 aromatic heterocycles. The molecule has 1 aromatic carbocycles. The lowest BCUT2D eigenvalue weighted by Gasteiger charge is -2.36. The summed E-state index contributed by atoms with van der Waals surface area (Å²) in [7, 11) is 1.43. The van der Waals surface area contributed by atoms with Crippen LogP contribution in [0.2, 0.25) is 0 Å². The number of ether oxygens (including phenoxy) is 1. The maximum absolute atomic E-state index is 11.5. The third-order valence-corrected chi connectivity index (χ3v) is 3.46. The first-order chi connectivity index (χ1) is 8.70. The molecule has 1 fully saturated rings. The van der Waals surface area contributed by atoms with Gasteiger partial charge < -0.3 is 15.0 Å². The van der Waals surface area contributed by atoms with Crippen molar-refractivity contribution in [1.82, 2.24) is 4.90 Å². The number of benzene rings is 1. The molecule has 0 spiro atoms. The number of nitrogens with one attached hydrogen (secondary N) is 1. The van der Waals surface area contributed by atoms with Crippen LogP contribution in [0.1, 0.15) is 13.3 Å². The second-order valence-corrected chi connectivity index (χ2v) is 4.80. The van der Waals surface area contributed by atoms with Gasteiger partial charge in [-0.05, 0) is 24.5 Å². The van der Waals surface area contributed by atoms with Gasteiger partial charge in [0, 0.05) is 24.8 Å². The predicted molar refractivity (Wildman–Crippen MR) is 71.6 cm³/mol. The van der Waals surface area contributed by atoms with Crippen LogP contribution in [0.3, 0.4) is 0 Å². The highest BCUT2D eigenvalue weighted by Gasteiger charge is 2.28. The normalized spacial score (nSPS) is 23.6. The maximum atomic E-state index is 11.5. The number of carbonyl (C=O) groups is 1. The summed E-state index contributed by atoms with van der Waals surface area (Å²) in [6.07, 6.45) is 0.727. The number of carbonyl (C=O) groups excluding carboxylic acids is 1. The van der Waals surface area contributed by atoms with Crippen LogP contribution >= 0.6 is 0 Å². The standard InChI is InChI=1S/C14H20N2O2/c1-11-10-16(14(17)18-2)9-8-13(11)15-12-6-4-3-5-7-12/h3-7,11,13,15H,8-10H2,1-2H3/t11-,13-/m1/s1. The third-order valence-electron chi connectivity index (χ3n) is 3.46. The van der Waals surface area contributed by atoms with Gasteiger partial charge in [0.2, 0.25) is 0 Å². The Hall–Kier alpha value is -1.71. The lowest BCUT2D eigenvalue weighted by Crippen LogP contribution is -2.47. The Morgan fingerprint density at radius 2 is 2.11 bits per heavy atom. The van der Waals surface area contributed by atoms with Crippen molar-refractivity contribution in [1.29, 1.82) is 0 Å². The van der Waals surface area contributed by atoms with E-state index in [4.69, 9.17) is 4.74 Å². The van der Waals surface area contributed by atoms with Crippen molar-refractivity contribution < 1.29 is 9.53 Å². The van der Waals surface area contributed by atoms with Crippen molar-refractivity contribution in [3.8, 4) is 0 Å². The van der Waals surface area contributed by atoms with E-state index < -0.39 is 0 Å². The van der Waals surface area contributed by atoms with Crippen LogP contribution in [0, 0.1) is 5.92 Å². The van der Waals surface area contributed by atoms with Crippen molar-refractivity contribution in [2.24, 2.45) is 5.92 Å². The van der Waals surface area contributed by atoms with Crippen LogP contribution in [0.25, 0.3) is 0 Å². The summed E-state index contributed by atoms with van der Waals surface area (Å²) in [5.41, 5.74) is 1.14. The molecule has 1 N–H and O–H groups in total. The van der Waals surface area contributed by atoms with E-state index in [0.717, 1.165) is 25.2 Å². The van der Waals surface area contributed by atoms with Gasteiger partial charge in [-0.15, -0.1) is 0 Å². The van der Waals surface area contributed by atoms with Gasteiger partial charge in [-0.25, -0.2) is 4.79 Å². The molecule has 98 valence electrons. The fraction of sp³-hybridized carbons (Fsp3) is 0.500. The molecule has 1 saturated heterocycles. The molecule has 1 aliphatic rings. The Morgan fingerprint density at radius 1 is 1.39 bits per heavy atom. The van der Waals surface area contributed by atoms with Crippen LogP contribution in [0.4, 0.5) is 10.5 Å². The molecular weight excluding hydrogens is 228 g/mol. The number of piperidine rings is 1. The minimum Gasteiger partial charge on any atom is -0.453 e. The van der Waals surface area contributed by atoms with Gasteiger partial charge in [-0.1, -0.05) is 25.1 Å². The van der Waals surface area contributed by atoms with Gasteiger partial charge in [-0.3, -0.25) is 0 Å². The van der Waals surface area contributed by atoms with Crippen molar-refractivity contribution in [3.05, 3.63) is 30.3 Å². The third kappa shape index (κ3) is 2.94. The molecule has 0 bridgehead atoms. The summed E-state index contributed by atoms with van der Waals surface area (Å²) in [5, 5.41) is 3.53. The number of amides is 1. The zero-order valence-electron chi connectivity index (χ0n) is 10.9. The molecular formula is C14H20N2O2. The van der Waals surface area contributed by atoms with Gasteiger partial charge in [0.1, 0.15) is 0 Å². The summed E-state index contributed by atoms with van der Waals surface area (Å²) < 4.78 is 4.76. The number of hydrogen-bond acceptors (Lipinski definition) is 3. The highest BCUT2D eigenvalue weighted by molar-refractivity contribution is 5.67. The van der Waals surface area contributed by atoms with Crippen molar-refractivity contribution >= 4 is 11.8 Å². The number of rotatable bonds is 2. The summed E-state index contributed by atoms with van der Waals surface area (Å²) in [6.45, 7) is 3.66. The molecule has 1 amide bonds. The first-order valence-electron chi connectivity index (χ1n) is 6.35. The molecule has 1 aliphatic heterocycles. The van der Waals surface area contributed by atoms with E-state index >= 15 is 0 Å². The fourth-order valence-corrected chi connectivity index (χ4v) is 2.40. The fourth-order valence-electron chi connectivity index (χ4n) is 2.40. The van der Waals surface area contributed by atoms with E-state index in [0.29, 0.717) is 12.0 Å². The summed E-state index contributed by atoms with van der Waals surface area (Å²) in [6, 6.07) is 10.6. The Balaban J connectivity index is 1.92. The predicted octanol–water partition coefficient (Wildman–Crippen LogP) is 2.58. The number of likely N-dealkylation sites (tertiary alicyclic amines) is 1. The molecule has 0 saturated carbocycles. The summed E-state index contributed by atoms with van der Waals surface area (Å²) in [5.74, 6) is 0.415. The van der Waals surface area contributed by atoms with E-state index in [1.165, 1.54) is 7.11 Å². The molecule has 0 unspecified atom stereocenters. The van der Waals surface area contributed by atoms with E-state index in [-0.39, 0.29) is 6.09 Å². The van der Waals surface area contributed by atoms with Gasteiger partial charge in [-0.2, -0.15) is 0 Å². The molecule has 18 heavy (non-hydrogen) atoms. The van der Waals surface area contributed by atoms with Crippen LogP contribution in [-0.2, 0) is 4.74 Å². The average Bonchev–Trinajstić information content (AvgIpc) is 2.41. The number of hydrogen-bond donors (Lipinski definition) is 1. The second-order valence-electron chi connectivity index (χ2n) is 4.80. The summed E-state index contributed by atoms with van der Waals surface area (Å²) >= 11 is 0. The highest BCUT2D eigenvalue weighted by Crippen LogP contribution is 2.21. The molecule has 4 nitrogen and oxygen atoms in total. The van der Waals surface area contributed by atoms with Crippen LogP contribution in [0.15, 0.2) is 30.3 Å². The van der Waals surface area contributed by atoms with Crippen LogP contribution in [-0.4, -0.2) is 37.2 Å². The quantitative estimate of drug-likeness (QED) is 0.874. The Kier molecular flexibility index (Phi) is 4.07. The smallest absolute Gasteiger partial charge is 0.409 e. The van der Waals surface area contributed by atoms with E-state index in [9.17, 15) is 4.79 Å². The lowest BCUT2D eigenvalue weighted by molar-refractivity contribution is 0.101. The van der Waals surface area contributed by atoms with E-state index in [1.807, 2.05) is 18.2 Å². The Morgan fingerprint density at radius 3 is 2.72 bits per heavy atom. The number of anilines is 1. The summed E-state index contributed by atoms with van der Waals surface area (Å²) in [4.78, 5) is 13.2. The molecule has 2 rings (SSSR count). The topological polar surface area (TPSA) is 41.6 Å². The van der Waals surface area contributed by atoms with Gasteiger partial charge in [0.05, 0.1) is 7.11 Å². The largest absolute Gasteiger partial charge is 0.453 e. The first kappa shape index (κ1) is 12.7. The monoisotopic (exact) mass is 248 g/mol. The molecule has 1 heterocycles. The molecule has 4 heteroatoms. The van der Waals surface area contributed by atoms with Gasteiger partial charge in [0.25, 0.3) is 0 Å². The highest BCUT2D eigenvalue weighted by atomic mass is 16.5. The van der Waals surface area contributed by atoms with Crippen molar-refractivity contribution in [2.75, 3.05) is 25.5 Å². The maximum Gasteiger partial charge on any atom is 0.409 e. The van der Waals surface area contributed by atoms with Gasteiger partial charge in [0.15, 0.2) is 0 Å². The zero-order valence-corrected chi connectivity index (χ0v) is 10.9. The molecule has 0 radical (unpaired) electrons. The SMILES string of the molecule is COC(=O)N1CC[C@@H](Nc2ccccc2)[C@H](C)C1. The first-order valence-corrected chi connectivity index (χ1v) is 6.35. The minimum absolute atomic E-state index is 0.222. The van der Waals surface area contributed by atoms with E-state index in [1.54, 1.807) is 4.90 Å². The molecule has 2 atom stereocenters. The van der Waals surface area contributed by atoms with Crippen LogP contribution < -0.4 is 5.32 Å². The lowest BCUT2D eigenvalue weighted by atomic mass is 9.94. The van der Waals surface area contributed by atoms with Crippen molar-refractivity contribution in [3.63, 3.8) is 0 Å². The Labute approximate surface area is 108 Å². The average molecular weight is 248 g/mol. The van der Waals surface area contributed by atoms with E-state index in [2.05, 4.69) is 24.4 Å². The van der Waals surface area contributed by atoms with Crippen LogP contribution in [0.5, 0.6) is 0 Å². The minimum atomic E-state index is -0.222. The number of nitrogens with zero attached hydrogens (tertiary/aromatic N) is 1. The molecule has 1 aromatic rings. The number of methoxy groups -OCH3 is 1. The zero-order chi connectivity index (χ0) is 13.0. The van der Waals surface area contributed by atoms with Gasteiger partial charge >= 0.3 is 6.09 Å². The van der Waals surface area contributed by atoms with Crippen molar-refractivity contribution in [2.45, 2.75) is 19.4 Å².